The van der Waals surface area contributed by atoms with E-state index in [4.69, 9.17) is 5.73 Å². The predicted molar refractivity (Wildman–Crippen MR) is 84.1 cm³/mol. The van der Waals surface area contributed by atoms with E-state index in [9.17, 15) is 0 Å². The second kappa shape index (κ2) is 5.36. The molecule has 0 aromatic carbocycles. The number of nitrogen functional groups attached to an aromatic ring is 1. The topological polar surface area (TPSA) is 76.7 Å². The molecule has 2 rings (SSSR count). The summed E-state index contributed by atoms with van der Waals surface area (Å²) in [7, 11) is 0. The predicted octanol–water partition coefficient (Wildman–Crippen LogP) is 3.04. The number of nitrogens with zero attached hydrogens (tertiary/aromatic N) is 3. The van der Waals surface area contributed by atoms with Crippen molar-refractivity contribution in [2.75, 3.05) is 11.1 Å². The molecule has 0 saturated heterocycles. The van der Waals surface area contributed by atoms with E-state index < -0.39 is 0 Å². The highest BCUT2D eigenvalue weighted by Gasteiger charge is 2.20. The monoisotopic (exact) mass is 291 g/mol. The molecule has 0 atom stereocenters. The molecule has 0 aliphatic rings. The van der Waals surface area contributed by atoms with Crippen molar-refractivity contribution in [2.45, 2.75) is 46.6 Å². The van der Waals surface area contributed by atoms with Gasteiger partial charge in [0.15, 0.2) is 0 Å². The first kappa shape index (κ1) is 14.7. The molecule has 0 unspecified atom stereocenters. The van der Waals surface area contributed by atoms with Crippen LogP contribution in [-0.2, 0) is 12.0 Å². The Hall–Kier alpha value is -1.69. The molecule has 2 heterocycles. The van der Waals surface area contributed by atoms with Crippen LogP contribution in [0.3, 0.4) is 0 Å². The summed E-state index contributed by atoms with van der Waals surface area (Å²) < 4.78 is 0. The fourth-order valence-corrected chi connectivity index (χ4v) is 2.40. The van der Waals surface area contributed by atoms with Crippen molar-refractivity contribution in [3.05, 3.63) is 27.5 Å². The number of nitrogens with two attached hydrogens (primary N) is 1. The molecular formula is C14H21N5S. The fourth-order valence-electron chi connectivity index (χ4n) is 1.68. The van der Waals surface area contributed by atoms with Gasteiger partial charge < -0.3 is 11.1 Å². The van der Waals surface area contributed by atoms with E-state index in [1.807, 2.05) is 19.2 Å². The lowest BCUT2D eigenvalue weighted by Gasteiger charge is -2.19. The lowest BCUT2D eigenvalue weighted by atomic mass is 9.95. The quantitative estimate of drug-likeness (QED) is 0.909. The second-order valence-corrected chi connectivity index (χ2v) is 6.83. The minimum absolute atomic E-state index is 0.129. The maximum Gasteiger partial charge on any atom is 0.138 e. The van der Waals surface area contributed by atoms with E-state index in [2.05, 4.69) is 41.0 Å². The highest BCUT2D eigenvalue weighted by atomic mass is 32.1. The molecule has 2 aromatic rings. The van der Waals surface area contributed by atoms with Crippen molar-refractivity contribution in [3.63, 3.8) is 0 Å². The Balaban J connectivity index is 2.24. The number of aromatic nitrogens is 3. The average molecular weight is 291 g/mol. The number of aryl methyl sites for hydroxylation is 1. The van der Waals surface area contributed by atoms with Crippen molar-refractivity contribution >= 4 is 23.0 Å². The molecule has 0 aliphatic carbocycles. The third-order valence-corrected chi connectivity index (χ3v) is 3.89. The summed E-state index contributed by atoms with van der Waals surface area (Å²) in [6.07, 6.45) is 0. The molecule has 20 heavy (non-hydrogen) atoms. The van der Waals surface area contributed by atoms with E-state index in [0.717, 1.165) is 27.9 Å². The van der Waals surface area contributed by atoms with Crippen LogP contribution in [0.5, 0.6) is 0 Å². The summed E-state index contributed by atoms with van der Waals surface area (Å²) in [6.45, 7) is 10.8. The molecule has 0 aliphatic heterocycles. The third-order valence-electron chi connectivity index (χ3n) is 2.93. The van der Waals surface area contributed by atoms with Gasteiger partial charge in [-0.3, -0.25) is 0 Å². The first-order valence-electron chi connectivity index (χ1n) is 6.57. The lowest BCUT2D eigenvalue weighted by Crippen LogP contribution is -2.19. The minimum atomic E-state index is -0.129. The zero-order valence-electron chi connectivity index (χ0n) is 12.6. The molecule has 5 nitrogen and oxygen atoms in total. The summed E-state index contributed by atoms with van der Waals surface area (Å²) in [5, 5.41) is 6.39. The number of rotatable bonds is 3. The number of thiazole rings is 1. The summed E-state index contributed by atoms with van der Waals surface area (Å²) in [5.41, 5.74) is 7.78. The fraction of sp³-hybridized carbons (Fsp3) is 0.500. The number of hydrogen-bond acceptors (Lipinski definition) is 6. The molecule has 6 heteroatoms. The van der Waals surface area contributed by atoms with Crippen LogP contribution < -0.4 is 11.1 Å². The van der Waals surface area contributed by atoms with E-state index in [1.165, 1.54) is 0 Å². The Kier molecular flexibility index (Phi) is 3.94. The smallest absolute Gasteiger partial charge is 0.138 e. The van der Waals surface area contributed by atoms with Gasteiger partial charge in [-0.2, -0.15) is 0 Å². The van der Waals surface area contributed by atoms with Gasteiger partial charge in [0.25, 0.3) is 0 Å². The summed E-state index contributed by atoms with van der Waals surface area (Å²) in [4.78, 5) is 13.4. The van der Waals surface area contributed by atoms with Crippen molar-refractivity contribution in [1.29, 1.82) is 0 Å². The van der Waals surface area contributed by atoms with E-state index >= 15 is 0 Å². The maximum atomic E-state index is 5.99. The highest BCUT2D eigenvalue weighted by Crippen LogP contribution is 2.25. The van der Waals surface area contributed by atoms with Crippen molar-refractivity contribution < 1.29 is 0 Å². The lowest BCUT2D eigenvalue weighted by molar-refractivity contribution is 0.546. The molecular weight excluding hydrogens is 270 g/mol. The highest BCUT2D eigenvalue weighted by molar-refractivity contribution is 7.09. The van der Waals surface area contributed by atoms with Crippen LogP contribution in [0.2, 0.25) is 0 Å². The van der Waals surface area contributed by atoms with Gasteiger partial charge in [0.2, 0.25) is 0 Å². The summed E-state index contributed by atoms with van der Waals surface area (Å²) >= 11 is 1.64. The SMILES string of the molecule is Cc1csc(CNc2nc(C(C)(C)C)nc(N)c2C)n1. The second-order valence-electron chi connectivity index (χ2n) is 5.89. The normalized spacial score (nSPS) is 11.7. The van der Waals surface area contributed by atoms with E-state index in [-0.39, 0.29) is 5.41 Å². The van der Waals surface area contributed by atoms with Gasteiger partial charge in [-0.15, -0.1) is 11.3 Å². The minimum Gasteiger partial charge on any atom is -0.383 e. The largest absolute Gasteiger partial charge is 0.383 e. The van der Waals surface area contributed by atoms with Gasteiger partial charge in [0.1, 0.15) is 22.5 Å². The van der Waals surface area contributed by atoms with Crippen LogP contribution in [0.4, 0.5) is 11.6 Å². The Morgan fingerprint density at radius 3 is 2.45 bits per heavy atom. The van der Waals surface area contributed by atoms with Gasteiger partial charge in [0, 0.05) is 22.1 Å². The van der Waals surface area contributed by atoms with Crippen LogP contribution >= 0.6 is 11.3 Å². The Morgan fingerprint density at radius 1 is 1.20 bits per heavy atom. The van der Waals surface area contributed by atoms with Gasteiger partial charge in [-0.1, -0.05) is 20.8 Å². The maximum absolute atomic E-state index is 5.99. The molecule has 108 valence electrons. The first-order chi connectivity index (χ1) is 9.27. The van der Waals surface area contributed by atoms with Gasteiger partial charge in [0.05, 0.1) is 6.54 Å². The average Bonchev–Trinajstić information content (AvgIpc) is 2.75. The summed E-state index contributed by atoms with van der Waals surface area (Å²) in [5.74, 6) is 2.07. The molecule has 0 saturated carbocycles. The van der Waals surface area contributed by atoms with Crippen molar-refractivity contribution in [3.8, 4) is 0 Å². The molecule has 0 amide bonds. The molecule has 0 fully saturated rings. The zero-order chi connectivity index (χ0) is 14.9. The Bertz CT molecular complexity index is 613. The molecule has 3 N–H and O–H groups in total. The third kappa shape index (κ3) is 3.25. The van der Waals surface area contributed by atoms with Crippen LogP contribution in [0.15, 0.2) is 5.38 Å². The van der Waals surface area contributed by atoms with E-state index in [1.54, 1.807) is 11.3 Å². The van der Waals surface area contributed by atoms with Crippen LogP contribution in [0, 0.1) is 13.8 Å². The zero-order valence-corrected chi connectivity index (χ0v) is 13.4. The first-order valence-corrected chi connectivity index (χ1v) is 7.45. The van der Waals surface area contributed by atoms with Crippen molar-refractivity contribution in [2.24, 2.45) is 0 Å². The molecule has 0 radical (unpaired) electrons. The molecule has 0 bridgehead atoms. The van der Waals surface area contributed by atoms with Crippen molar-refractivity contribution in [1.82, 2.24) is 15.0 Å². The van der Waals surface area contributed by atoms with Gasteiger partial charge in [-0.05, 0) is 13.8 Å². The van der Waals surface area contributed by atoms with Crippen LogP contribution in [-0.4, -0.2) is 15.0 Å². The van der Waals surface area contributed by atoms with E-state index in [0.29, 0.717) is 12.4 Å². The van der Waals surface area contributed by atoms with Crippen LogP contribution in [0.25, 0.3) is 0 Å². The van der Waals surface area contributed by atoms with Gasteiger partial charge in [-0.25, -0.2) is 15.0 Å². The Labute approximate surface area is 123 Å². The molecule has 2 aromatic heterocycles. The Morgan fingerprint density at radius 2 is 1.90 bits per heavy atom. The molecule has 0 spiro atoms. The number of nitrogens with one attached hydrogen (secondary N) is 1. The number of hydrogen-bond donors (Lipinski definition) is 2. The standard InChI is InChI=1S/C14H21N5S/c1-8-7-20-10(17-8)6-16-12-9(2)11(15)18-13(19-12)14(3,4)5/h7H,6H2,1-5H3,(H3,15,16,18,19). The van der Waals surface area contributed by atoms with Crippen LogP contribution in [0.1, 0.15) is 42.9 Å². The summed E-state index contributed by atoms with van der Waals surface area (Å²) in [6, 6.07) is 0. The number of anilines is 2. The van der Waals surface area contributed by atoms with Gasteiger partial charge >= 0.3 is 0 Å².